The van der Waals surface area contributed by atoms with E-state index in [0.717, 1.165) is 5.56 Å². The molecule has 1 aliphatic rings. The average Bonchev–Trinajstić information content (AvgIpc) is 3.14. The van der Waals surface area contributed by atoms with Crippen molar-refractivity contribution in [3.8, 4) is 5.75 Å². The van der Waals surface area contributed by atoms with Gasteiger partial charge in [0.25, 0.3) is 11.8 Å². The summed E-state index contributed by atoms with van der Waals surface area (Å²) in [5.41, 5.74) is 2.01. The molecule has 2 heterocycles. The second-order valence-electron chi connectivity index (χ2n) is 7.99. The van der Waals surface area contributed by atoms with Crippen LogP contribution in [0.15, 0.2) is 41.0 Å². The van der Waals surface area contributed by atoms with E-state index in [0.29, 0.717) is 43.4 Å². The highest BCUT2D eigenvalue weighted by molar-refractivity contribution is 5.93. The van der Waals surface area contributed by atoms with Crippen LogP contribution in [0.3, 0.4) is 0 Å². The second-order valence-corrected chi connectivity index (χ2v) is 7.99. The number of carbonyl (C=O) groups excluding carboxylic acids is 2. The molecule has 1 saturated heterocycles. The molecule has 0 spiro atoms. The van der Waals surface area contributed by atoms with Crippen LogP contribution >= 0.6 is 0 Å². The van der Waals surface area contributed by atoms with Gasteiger partial charge in [-0.15, -0.1) is 0 Å². The molecule has 1 fully saturated rings. The summed E-state index contributed by atoms with van der Waals surface area (Å²) in [5, 5.41) is 3.01. The van der Waals surface area contributed by atoms with Gasteiger partial charge >= 0.3 is 0 Å². The molecule has 1 aliphatic heterocycles. The maximum Gasteiger partial charge on any atom is 0.287 e. The number of furan rings is 1. The average molecular weight is 399 g/mol. The molecule has 1 unspecified atom stereocenters. The van der Waals surface area contributed by atoms with Crippen LogP contribution in [0.4, 0.5) is 0 Å². The maximum absolute atomic E-state index is 12.8. The first-order valence-electron chi connectivity index (χ1n) is 10.3. The fourth-order valence-corrected chi connectivity index (χ4v) is 3.56. The molecule has 0 radical (unpaired) electrons. The summed E-state index contributed by atoms with van der Waals surface area (Å²) in [6.45, 7) is 9.09. The van der Waals surface area contributed by atoms with Gasteiger partial charge in [-0.3, -0.25) is 9.59 Å². The van der Waals surface area contributed by atoms with E-state index < -0.39 is 6.10 Å². The number of piperidine rings is 1. The third-order valence-electron chi connectivity index (χ3n) is 5.40. The van der Waals surface area contributed by atoms with Crippen molar-refractivity contribution in [2.45, 2.75) is 58.6 Å². The van der Waals surface area contributed by atoms with Crippen LogP contribution in [0.2, 0.25) is 0 Å². The van der Waals surface area contributed by atoms with E-state index in [2.05, 4.69) is 25.2 Å². The molecule has 0 aliphatic carbocycles. The van der Waals surface area contributed by atoms with Crippen LogP contribution in [0, 0.1) is 6.92 Å². The minimum atomic E-state index is -0.547. The third kappa shape index (κ3) is 5.19. The third-order valence-corrected chi connectivity index (χ3v) is 5.40. The zero-order valence-corrected chi connectivity index (χ0v) is 17.6. The molecule has 3 rings (SSSR count). The van der Waals surface area contributed by atoms with Gasteiger partial charge in [0.2, 0.25) is 0 Å². The largest absolute Gasteiger partial charge is 0.481 e. The Morgan fingerprint density at radius 1 is 1.17 bits per heavy atom. The van der Waals surface area contributed by atoms with Gasteiger partial charge in [-0.2, -0.15) is 0 Å². The lowest BCUT2D eigenvalue weighted by atomic mass is 10.0. The maximum atomic E-state index is 12.8. The van der Waals surface area contributed by atoms with Crippen molar-refractivity contribution in [1.29, 1.82) is 0 Å². The molecule has 1 aromatic carbocycles. The minimum absolute atomic E-state index is 0.0217. The summed E-state index contributed by atoms with van der Waals surface area (Å²) in [6, 6.07) is 9.70. The van der Waals surface area contributed by atoms with Gasteiger partial charge in [0, 0.05) is 24.7 Å². The quantitative estimate of drug-likeness (QED) is 0.801. The molecule has 6 heteroatoms. The normalized spacial score (nSPS) is 16.0. The Balaban J connectivity index is 1.50. The summed E-state index contributed by atoms with van der Waals surface area (Å²) >= 11 is 0. The number of nitrogens with one attached hydrogen (secondary N) is 1. The number of amides is 2. The SMILES string of the molecule is Cc1ccoc1C(=O)NC1CCN(C(=O)C(C)Oc2cccc(C(C)C)c2)CC1. The highest BCUT2D eigenvalue weighted by atomic mass is 16.5. The molecule has 1 atom stereocenters. The fourth-order valence-electron chi connectivity index (χ4n) is 3.56. The standard InChI is InChI=1S/C23H30N2O4/c1-15(2)18-6-5-7-20(14-18)29-17(4)23(27)25-11-8-19(9-12-25)24-22(26)21-16(3)10-13-28-21/h5-7,10,13-15,17,19H,8-9,11-12H2,1-4H3,(H,24,26). The lowest BCUT2D eigenvalue weighted by Gasteiger charge is -2.33. The summed E-state index contributed by atoms with van der Waals surface area (Å²) in [7, 11) is 0. The number of rotatable bonds is 6. The zero-order chi connectivity index (χ0) is 21.0. The van der Waals surface area contributed by atoms with E-state index in [9.17, 15) is 9.59 Å². The number of aryl methyl sites for hydroxylation is 1. The highest BCUT2D eigenvalue weighted by Gasteiger charge is 2.28. The molecular weight excluding hydrogens is 368 g/mol. The number of hydrogen-bond acceptors (Lipinski definition) is 4. The first-order chi connectivity index (χ1) is 13.8. The monoisotopic (exact) mass is 398 g/mol. The Morgan fingerprint density at radius 2 is 1.90 bits per heavy atom. The van der Waals surface area contributed by atoms with Crippen molar-refractivity contribution in [1.82, 2.24) is 10.2 Å². The molecule has 2 amide bonds. The highest BCUT2D eigenvalue weighted by Crippen LogP contribution is 2.22. The van der Waals surface area contributed by atoms with Crippen molar-refractivity contribution >= 4 is 11.8 Å². The summed E-state index contributed by atoms with van der Waals surface area (Å²) < 4.78 is 11.1. The van der Waals surface area contributed by atoms with Gasteiger partial charge in [0.15, 0.2) is 11.9 Å². The Morgan fingerprint density at radius 3 is 2.52 bits per heavy atom. The lowest BCUT2D eigenvalue weighted by Crippen LogP contribution is -2.49. The first-order valence-corrected chi connectivity index (χ1v) is 10.3. The van der Waals surface area contributed by atoms with E-state index in [-0.39, 0.29) is 17.9 Å². The van der Waals surface area contributed by atoms with Gasteiger partial charge < -0.3 is 19.4 Å². The fraction of sp³-hybridized carbons (Fsp3) is 0.478. The predicted octanol–water partition coefficient (Wildman–Crippen LogP) is 3.90. The van der Waals surface area contributed by atoms with Crippen molar-refractivity contribution in [2.75, 3.05) is 13.1 Å². The molecule has 2 aromatic rings. The van der Waals surface area contributed by atoms with Crippen molar-refractivity contribution in [3.05, 3.63) is 53.5 Å². The second kappa shape index (κ2) is 9.16. The van der Waals surface area contributed by atoms with Gasteiger partial charge in [-0.1, -0.05) is 26.0 Å². The van der Waals surface area contributed by atoms with E-state index in [1.165, 1.54) is 11.8 Å². The van der Waals surface area contributed by atoms with Crippen LogP contribution in [0.1, 0.15) is 61.2 Å². The number of likely N-dealkylation sites (tertiary alicyclic amines) is 1. The van der Waals surface area contributed by atoms with E-state index >= 15 is 0 Å². The summed E-state index contributed by atoms with van der Waals surface area (Å²) in [5.74, 6) is 1.26. The Labute approximate surface area is 172 Å². The van der Waals surface area contributed by atoms with Crippen LogP contribution in [0.25, 0.3) is 0 Å². The Hall–Kier alpha value is -2.76. The van der Waals surface area contributed by atoms with Crippen LogP contribution in [-0.4, -0.2) is 41.9 Å². The van der Waals surface area contributed by atoms with Gasteiger partial charge in [0.05, 0.1) is 6.26 Å². The van der Waals surface area contributed by atoms with Crippen molar-refractivity contribution in [3.63, 3.8) is 0 Å². The van der Waals surface area contributed by atoms with Crippen LogP contribution in [-0.2, 0) is 4.79 Å². The molecule has 29 heavy (non-hydrogen) atoms. The number of benzene rings is 1. The lowest BCUT2D eigenvalue weighted by molar-refractivity contribution is -0.139. The van der Waals surface area contributed by atoms with E-state index in [4.69, 9.17) is 9.15 Å². The van der Waals surface area contributed by atoms with Gasteiger partial charge in [0.1, 0.15) is 5.75 Å². The summed E-state index contributed by atoms with van der Waals surface area (Å²) in [4.78, 5) is 26.9. The molecule has 0 bridgehead atoms. The molecular formula is C23H30N2O4. The first kappa shape index (κ1) is 21.0. The number of carbonyl (C=O) groups is 2. The molecule has 1 N–H and O–H groups in total. The van der Waals surface area contributed by atoms with E-state index in [1.54, 1.807) is 13.0 Å². The number of nitrogens with zero attached hydrogens (tertiary/aromatic N) is 1. The molecule has 1 aromatic heterocycles. The van der Waals surface area contributed by atoms with Gasteiger partial charge in [-0.05, 0) is 56.4 Å². The van der Waals surface area contributed by atoms with E-state index in [1.807, 2.05) is 30.0 Å². The number of ether oxygens (including phenoxy) is 1. The minimum Gasteiger partial charge on any atom is -0.481 e. The predicted molar refractivity (Wildman–Crippen MR) is 111 cm³/mol. The van der Waals surface area contributed by atoms with Crippen LogP contribution < -0.4 is 10.1 Å². The van der Waals surface area contributed by atoms with Crippen LogP contribution in [0.5, 0.6) is 5.75 Å². The molecule has 6 nitrogen and oxygen atoms in total. The Bertz CT molecular complexity index is 850. The van der Waals surface area contributed by atoms with Crippen molar-refractivity contribution in [2.24, 2.45) is 0 Å². The molecule has 0 saturated carbocycles. The van der Waals surface area contributed by atoms with Gasteiger partial charge in [-0.25, -0.2) is 0 Å². The Kier molecular flexibility index (Phi) is 6.62. The summed E-state index contributed by atoms with van der Waals surface area (Å²) in [6.07, 6.45) is 2.40. The van der Waals surface area contributed by atoms with Crippen molar-refractivity contribution < 1.29 is 18.7 Å². The zero-order valence-electron chi connectivity index (χ0n) is 17.6. The topological polar surface area (TPSA) is 71.8 Å². The smallest absolute Gasteiger partial charge is 0.287 e. The molecule has 156 valence electrons. The number of hydrogen-bond donors (Lipinski definition) is 1.